The second kappa shape index (κ2) is 5.66. The van der Waals surface area contributed by atoms with Crippen molar-refractivity contribution in [3.8, 4) is 0 Å². The van der Waals surface area contributed by atoms with Crippen LogP contribution >= 0.6 is 0 Å². The van der Waals surface area contributed by atoms with Crippen LogP contribution in [-0.2, 0) is 5.41 Å². The fraction of sp³-hybridized carbons (Fsp3) is 0.667. The van der Waals surface area contributed by atoms with E-state index in [1.54, 1.807) is 5.56 Å². The monoisotopic (exact) mass is 259 g/mol. The highest BCUT2D eigenvalue weighted by Gasteiger charge is 2.22. The Morgan fingerprint density at radius 1 is 1.16 bits per heavy atom. The molecule has 1 nitrogen and oxygen atoms in total. The summed E-state index contributed by atoms with van der Waals surface area (Å²) >= 11 is 0. The standard InChI is InChI=1S/C18H29N/c1-6-19-11-9-15(10-12-19)17-8-7-16(13-14(17)2)18(3,4)5/h7-8,13,15H,6,9-12H2,1-5H3. The minimum absolute atomic E-state index is 0.259. The molecule has 0 N–H and O–H groups in total. The van der Waals surface area contributed by atoms with Gasteiger partial charge in [-0.3, -0.25) is 0 Å². The molecule has 0 saturated carbocycles. The average Bonchev–Trinajstić information content (AvgIpc) is 2.38. The molecule has 0 aliphatic carbocycles. The van der Waals surface area contributed by atoms with Crippen LogP contribution in [-0.4, -0.2) is 24.5 Å². The first-order valence-corrected chi connectivity index (χ1v) is 7.75. The maximum atomic E-state index is 2.56. The summed E-state index contributed by atoms with van der Waals surface area (Å²) in [5.74, 6) is 0.775. The SMILES string of the molecule is CCN1CCC(c2ccc(C(C)(C)C)cc2C)CC1. The van der Waals surface area contributed by atoms with Crippen LogP contribution in [0.3, 0.4) is 0 Å². The fourth-order valence-electron chi connectivity index (χ4n) is 3.16. The van der Waals surface area contributed by atoms with Crippen molar-refractivity contribution < 1.29 is 0 Å². The number of rotatable bonds is 2. The number of benzene rings is 1. The van der Waals surface area contributed by atoms with E-state index in [0.717, 1.165) is 5.92 Å². The van der Waals surface area contributed by atoms with E-state index in [9.17, 15) is 0 Å². The van der Waals surface area contributed by atoms with E-state index >= 15 is 0 Å². The van der Waals surface area contributed by atoms with Crippen molar-refractivity contribution in [2.75, 3.05) is 19.6 Å². The number of hydrogen-bond acceptors (Lipinski definition) is 1. The van der Waals surface area contributed by atoms with Gasteiger partial charge in [-0.05, 0) is 67.4 Å². The summed E-state index contributed by atoms with van der Waals surface area (Å²) in [6, 6.07) is 7.14. The highest BCUT2D eigenvalue weighted by molar-refractivity contribution is 5.36. The van der Waals surface area contributed by atoms with Crippen molar-refractivity contribution in [2.24, 2.45) is 0 Å². The summed E-state index contributed by atoms with van der Waals surface area (Å²) in [5, 5.41) is 0. The van der Waals surface area contributed by atoms with Crippen molar-refractivity contribution in [1.29, 1.82) is 0 Å². The molecule has 0 unspecified atom stereocenters. The Balaban J connectivity index is 2.14. The lowest BCUT2D eigenvalue weighted by Crippen LogP contribution is -2.32. The summed E-state index contributed by atoms with van der Waals surface area (Å²) in [6.45, 7) is 15.2. The first-order chi connectivity index (χ1) is 8.91. The molecule has 106 valence electrons. The van der Waals surface area contributed by atoms with E-state index in [4.69, 9.17) is 0 Å². The molecule has 19 heavy (non-hydrogen) atoms. The second-order valence-electron chi connectivity index (χ2n) is 7.03. The molecule has 1 saturated heterocycles. The summed E-state index contributed by atoms with van der Waals surface area (Å²) in [6.07, 6.45) is 2.65. The van der Waals surface area contributed by atoms with Gasteiger partial charge in [-0.2, -0.15) is 0 Å². The predicted octanol–water partition coefficient (Wildman–Crippen LogP) is 4.49. The van der Waals surface area contributed by atoms with Crippen LogP contribution in [0.15, 0.2) is 18.2 Å². The largest absolute Gasteiger partial charge is 0.304 e. The van der Waals surface area contributed by atoms with Gasteiger partial charge in [-0.25, -0.2) is 0 Å². The molecular weight excluding hydrogens is 230 g/mol. The lowest BCUT2D eigenvalue weighted by atomic mass is 9.81. The molecule has 0 amide bonds. The Morgan fingerprint density at radius 3 is 2.26 bits per heavy atom. The zero-order chi connectivity index (χ0) is 14.0. The van der Waals surface area contributed by atoms with Gasteiger partial charge >= 0.3 is 0 Å². The molecule has 1 aliphatic heterocycles. The van der Waals surface area contributed by atoms with Crippen LogP contribution < -0.4 is 0 Å². The molecule has 1 fully saturated rings. The normalized spacial score (nSPS) is 18.8. The smallest absolute Gasteiger partial charge is 0.00130 e. The van der Waals surface area contributed by atoms with E-state index in [0.29, 0.717) is 0 Å². The molecule has 0 bridgehead atoms. The zero-order valence-corrected chi connectivity index (χ0v) is 13.3. The van der Waals surface area contributed by atoms with Gasteiger partial charge in [-0.15, -0.1) is 0 Å². The maximum absolute atomic E-state index is 2.56. The molecule has 0 radical (unpaired) electrons. The van der Waals surface area contributed by atoms with E-state index < -0.39 is 0 Å². The van der Waals surface area contributed by atoms with Crippen LogP contribution in [0, 0.1) is 6.92 Å². The minimum atomic E-state index is 0.259. The molecule has 0 spiro atoms. The third-order valence-electron chi connectivity index (χ3n) is 4.61. The number of piperidine rings is 1. The molecule has 1 aromatic carbocycles. The Kier molecular flexibility index (Phi) is 4.35. The van der Waals surface area contributed by atoms with Gasteiger partial charge in [0.2, 0.25) is 0 Å². The topological polar surface area (TPSA) is 3.24 Å². The lowest BCUT2D eigenvalue weighted by Gasteiger charge is -2.32. The number of hydrogen-bond donors (Lipinski definition) is 0. The van der Waals surface area contributed by atoms with E-state index in [1.807, 2.05) is 0 Å². The molecule has 1 heterocycles. The van der Waals surface area contributed by atoms with Gasteiger partial charge in [0.05, 0.1) is 0 Å². The predicted molar refractivity (Wildman–Crippen MR) is 84.0 cm³/mol. The average molecular weight is 259 g/mol. The van der Waals surface area contributed by atoms with Crippen LogP contribution in [0.2, 0.25) is 0 Å². The van der Waals surface area contributed by atoms with Crippen LogP contribution in [0.25, 0.3) is 0 Å². The Hall–Kier alpha value is -0.820. The Morgan fingerprint density at radius 2 is 1.79 bits per heavy atom. The quantitative estimate of drug-likeness (QED) is 0.756. The molecule has 0 atom stereocenters. The van der Waals surface area contributed by atoms with E-state index in [1.165, 1.54) is 43.6 Å². The molecule has 1 heteroatoms. The third kappa shape index (κ3) is 3.39. The van der Waals surface area contributed by atoms with Crippen molar-refractivity contribution in [3.05, 3.63) is 34.9 Å². The van der Waals surface area contributed by atoms with Gasteiger partial charge < -0.3 is 4.90 Å². The van der Waals surface area contributed by atoms with Gasteiger partial charge in [0.15, 0.2) is 0 Å². The number of nitrogens with zero attached hydrogens (tertiary/aromatic N) is 1. The lowest BCUT2D eigenvalue weighted by molar-refractivity contribution is 0.222. The maximum Gasteiger partial charge on any atom is -0.00130 e. The van der Waals surface area contributed by atoms with Crippen molar-refractivity contribution in [1.82, 2.24) is 4.90 Å². The Bertz CT molecular complexity index is 420. The molecule has 1 aliphatic rings. The summed E-state index contributed by atoms with van der Waals surface area (Å²) < 4.78 is 0. The first-order valence-electron chi connectivity index (χ1n) is 7.75. The van der Waals surface area contributed by atoms with Crippen molar-refractivity contribution >= 4 is 0 Å². The number of aryl methyl sites for hydroxylation is 1. The van der Waals surface area contributed by atoms with Crippen LogP contribution in [0.5, 0.6) is 0 Å². The summed E-state index contributed by atoms with van der Waals surface area (Å²) in [7, 11) is 0. The molecular formula is C18H29N. The summed E-state index contributed by atoms with van der Waals surface area (Å²) in [4.78, 5) is 2.56. The van der Waals surface area contributed by atoms with E-state index in [-0.39, 0.29) is 5.41 Å². The summed E-state index contributed by atoms with van der Waals surface area (Å²) in [5.41, 5.74) is 4.79. The van der Waals surface area contributed by atoms with Crippen LogP contribution in [0.1, 0.15) is 63.1 Å². The molecule has 2 rings (SSSR count). The third-order valence-corrected chi connectivity index (χ3v) is 4.61. The highest BCUT2D eigenvalue weighted by atomic mass is 15.1. The molecule has 0 aromatic heterocycles. The van der Waals surface area contributed by atoms with Gasteiger partial charge in [0.1, 0.15) is 0 Å². The van der Waals surface area contributed by atoms with Crippen LogP contribution in [0.4, 0.5) is 0 Å². The van der Waals surface area contributed by atoms with Gasteiger partial charge in [0, 0.05) is 0 Å². The fourth-order valence-corrected chi connectivity index (χ4v) is 3.16. The van der Waals surface area contributed by atoms with Crippen molar-refractivity contribution in [2.45, 2.75) is 58.8 Å². The number of likely N-dealkylation sites (tertiary alicyclic amines) is 1. The second-order valence-corrected chi connectivity index (χ2v) is 7.03. The van der Waals surface area contributed by atoms with E-state index in [2.05, 4.69) is 57.7 Å². The highest BCUT2D eigenvalue weighted by Crippen LogP contribution is 2.32. The Labute approximate surface area is 119 Å². The minimum Gasteiger partial charge on any atom is -0.304 e. The zero-order valence-electron chi connectivity index (χ0n) is 13.3. The van der Waals surface area contributed by atoms with Gasteiger partial charge in [0.25, 0.3) is 0 Å². The first kappa shape index (κ1) is 14.6. The van der Waals surface area contributed by atoms with Crippen molar-refractivity contribution in [3.63, 3.8) is 0 Å². The molecule has 1 aromatic rings. The van der Waals surface area contributed by atoms with Gasteiger partial charge in [-0.1, -0.05) is 45.9 Å².